The molecular weight excluding hydrogens is 665 g/mol. The van der Waals surface area contributed by atoms with Crippen molar-refractivity contribution >= 4 is 40.8 Å². The highest BCUT2D eigenvalue weighted by atomic mass is 35.5. The molecule has 264 valence electrons. The van der Waals surface area contributed by atoms with Crippen LogP contribution in [0.4, 0.5) is 22.0 Å². The number of rotatable bonds is 16. The quantitative estimate of drug-likeness (QED) is 0.144. The second kappa shape index (κ2) is 16.5. The van der Waals surface area contributed by atoms with Crippen molar-refractivity contribution < 1.29 is 55.4 Å². The van der Waals surface area contributed by atoms with Gasteiger partial charge in [0, 0.05) is 41.7 Å². The number of nitrogens with one attached hydrogen (secondary N) is 1. The number of methoxy groups -OCH3 is 1. The van der Waals surface area contributed by atoms with Gasteiger partial charge in [-0.3, -0.25) is 24.0 Å². The molecule has 0 saturated carbocycles. The summed E-state index contributed by atoms with van der Waals surface area (Å²) in [4.78, 5) is 65.0. The highest BCUT2D eigenvalue weighted by molar-refractivity contribution is 6.30. The monoisotopic (exact) mass is 703 g/mol. The van der Waals surface area contributed by atoms with Gasteiger partial charge in [0.15, 0.2) is 5.78 Å². The average Bonchev–Trinajstić information content (AvgIpc) is 2.98. The first-order chi connectivity index (χ1) is 22.1. The zero-order chi connectivity index (χ0) is 36.6. The summed E-state index contributed by atoms with van der Waals surface area (Å²) >= 11 is 5.83. The number of hydrogen-bond acceptors (Lipinski definition) is 7. The molecular formula is C34H39ClF5NO7. The minimum atomic E-state index is -5.23. The molecule has 0 aliphatic heterocycles. The summed E-state index contributed by atoms with van der Waals surface area (Å²) in [5, 5.41) is 2.31. The van der Waals surface area contributed by atoms with Crippen molar-refractivity contribution in [3.8, 4) is 5.75 Å². The number of alkyl halides is 5. The lowest BCUT2D eigenvalue weighted by Gasteiger charge is -2.26. The first-order valence-corrected chi connectivity index (χ1v) is 15.4. The van der Waals surface area contributed by atoms with Crippen LogP contribution in [0.5, 0.6) is 5.75 Å². The number of halogens is 6. The molecule has 2 aromatic rings. The smallest absolute Gasteiger partial charge is 0.450 e. The van der Waals surface area contributed by atoms with Crippen molar-refractivity contribution in [2.24, 2.45) is 17.8 Å². The normalized spacial score (nSPS) is 14.1. The van der Waals surface area contributed by atoms with E-state index in [-0.39, 0.29) is 10.6 Å². The summed E-state index contributed by atoms with van der Waals surface area (Å²) in [7, 11) is 1.36. The molecule has 0 aliphatic rings. The molecule has 48 heavy (non-hydrogen) atoms. The Bertz CT molecular complexity index is 1470. The molecule has 1 N–H and O–H groups in total. The zero-order valence-electron chi connectivity index (χ0n) is 27.4. The molecule has 2 aromatic carbocycles. The van der Waals surface area contributed by atoms with E-state index in [9.17, 15) is 37.1 Å². The fourth-order valence-corrected chi connectivity index (χ4v) is 4.98. The van der Waals surface area contributed by atoms with Crippen molar-refractivity contribution in [3.05, 3.63) is 64.7 Å². The Morgan fingerprint density at radius 3 is 2.00 bits per heavy atom. The second-order valence-corrected chi connectivity index (χ2v) is 13.1. The SMILES string of the molecule is COc1ccc([C@H](NC(=O)[C@H](CCC(=O)OC(C)(C)C)CC(=O)C(F)(F)c2cccc(Cl)c2)C(=O)C[C@H](C(=O)C(F)(F)F)C(C)C)cc1. The molecule has 3 atom stereocenters. The Labute approximate surface area is 280 Å². The van der Waals surface area contributed by atoms with Gasteiger partial charge in [-0.25, -0.2) is 0 Å². The van der Waals surface area contributed by atoms with E-state index in [1.54, 1.807) is 20.8 Å². The lowest BCUT2D eigenvalue weighted by molar-refractivity contribution is -0.177. The molecule has 0 unspecified atom stereocenters. The Balaban J connectivity index is 2.49. The molecule has 0 bridgehead atoms. The van der Waals surface area contributed by atoms with Crippen LogP contribution in [0, 0.1) is 17.8 Å². The van der Waals surface area contributed by atoms with Crippen LogP contribution in [-0.4, -0.2) is 48.1 Å². The molecule has 0 fully saturated rings. The van der Waals surface area contributed by atoms with Crippen LogP contribution in [0.1, 0.15) is 77.5 Å². The van der Waals surface area contributed by atoms with Gasteiger partial charge in [0.2, 0.25) is 17.5 Å². The van der Waals surface area contributed by atoms with Gasteiger partial charge in [0.05, 0.1) is 7.11 Å². The standard InChI is InChI=1S/C34H39ClF5NO7/c1-19(2)25(30(45)34(38,39)40)18-26(42)29(20-10-13-24(47-6)14-11-20)41-31(46)21(12-15-28(44)48-32(3,4)5)16-27(43)33(36,37)22-8-7-9-23(35)17-22/h7-11,13-14,17,19,21,25,29H,12,15-16,18H2,1-6H3,(H,41,46)/t21-,25+,29+/m1/s1. The predicted octanol–water partition coefficient (Wildman–Crippen LogP) is 7.36. The number of ketones is 3. The van der Waals surface area contributed by atoms with Gasteiger partial charge in [0.1, 0.15) is 17.4 Å². The van der Waals surface area contributed by atoms with Crippen LogP contribution in [0.3, 0.4) is 0 Å². The van der Waals surface area contributed by atoms with E-state index in [1.807, 2.05) is 0 Å². The van der Waals surface area contributed by atoms with Gasteiger partial charge in [-0.2, -0.15) is 22.0 Å². The number of amides is 1. The number of hydrogen-bond donors (Lipinski definition) is 1. The summed E-state index contributed by atoms with van der Waals surface area (Å²) in [5.41, 5.74) is -1.57. The minimum Gasteiger partial charge on any atom is -0.497 e. The maximum Gasteiger partial charge on any atom is 0.450 e. The highest BCUT2D eigenvalue weighted by Crippen LogP contribution is 2.35. The number of esters is 1. The largest absolute Gasteiger partial charge is 0.497 e. The van der Waals surface area contributed by atoms with Crippen molar-refractivity contribution in [2.45, 2.75) is 84.0 Å². The minimum absolute atomic E-state index is 0.0660. The van der Waals surface area contributed by atoms with E-state index in [1.165, 1.54) is 57.4 Å². The number of Topliss-reactive ketones (excluding diaryl/α,β-unsaturated/α-hetero) is 3. The molecule has 0 spiro atoms. The maximum absolute atomic E-state index is 15.3. The zero-order valence-corrected chi connectivity index (χ0v) is 28.1. The van der Waals surface area contributed by atoms with Gasteiger partial charge < -0.3 is 14.8 Å². The first-order valence-electron chi connectivity index (χ1n) is 15.0. The van der Waals surface area contributed by atoms with Crippen LogP contribution < -0.4 is 10.1 Å². The molecule has 1 amide bonds. The van der Waals surface area contributed by atoms with Crippen molar-refractivity contribution in [2.75, 3.05) is 7.11 Å². The Kier molecular flexibility index (Phi) is 13.8. The molecule has 0 aliphatic carbocycles. The fraction of sp³-hybridized carbons (Fsp3) is 0.500. The van der Waals surface area contributed by atoms with Crippen LogP contribution in [0.25, 0.3) is 0 Å². The third-order valence-corrected chi connectivity index (χ3v) is 7.59. The number of benzene rings is 2. The molecule has 0 aromatic heterocycles. The maximum atomic E-state index is 15.3. The molecule has 14 heteroatoms. The van der Waals surface area contributed by atoms with E-state index < -0.39 is 102 Å². The Hall–Kier alpha value is -3.87. The van der Waals surface area contributed by atoms with E-state index in [4.69, 9.17) is 21.1 Å². The number of carbonyl (C=O) groups excluding carboxylic acids is 5. The van der Waals surface area contributed by atoms with Crippen molar-refractivity contribution in [3.63, 3.8) is 0 Å². The van der Waals surface area contributed by atoms with E-state index in [0.29, 0.717) is 5.75 Å². The third kappa shape index (κ3) is 11.7. The summed E-state index contributed by atoms with van der Waals surface area (Å²) in [5.74, 6) is -14.7. The summed E-state index contributed by atoms with van der Waals surface area (Å²) < 4.78 is 81.0. The summed E-state index contributed by atoms with van der Waals surface area (Å²) in [6, 6.07) is 8.28. The van der Waals surface area contributed by atoms with Gasteiger partial charge in [0.25, 0.3) is 0 Å². The molecule has 2 rings (SSSR count). The van der Waals surface area contributed by atoms with Gasteiger partial charge >= 0.3 is 18.1 Å². The molecule has 0 radical (unpaired) electrons. The van der Waals surface area contributed by atoms with E-state index in [0.717, 1.165) is 12.1 Å². The Morgan fingerprint density at radius 2 is 1.50 bits per heavy atom. The van der Waals surface area contributed by atoms with Crippen LogP contribution in [0.2, 0.25) is 5.02 Å². The Morgan fingerprint density at radius 1 is 0.896 bits per heavy atom. The lowest BCUT2D eigenvalue weighted by atomic mass is 9.84. The summed E-state index contributed by atoms with van der Waals surface area (Å²) in [6.07, 6.45) is -8.15. The van der Waals surface area contributed by atoms with Crippen LogP contribution in [-0.2, 0) is 34.6 Å². The van der Waals surface area contributed by atoms with Gasteiger partial charge in [-0.05, 0) is 62.9 Å². The molecule has 0 heterocycles. The topological polar surface area (TPSA) is 116 Å². The average molecular weight is 704 g/mol. The van der Waals surface area contributed by atoms with Crippen LogP contribution in [0.15, 0.2) is 48.5 Å². The first kappa shape index (κ1) is 40.3. The number of carbonyl (C=O) groups is 5. The molecule has 0 saturated heterocycles. The molecule has 8 nitrogen and oxygen atoms in total. The van der Waals surface area contributed by atoms with E-state index in [2.05, 4.69) is 5.32 Å². The van der Waals surface area contributed by atoms with Gasteiger partial charge in [-0.1, -0.05) is 49.7 Å². The summed E-state index contributed by atoms with van der Waals surface area (Å²) in [6.45, 7) is 7.43. The lowest BCUT2D eigenvalue weighted by Crippen LogP contribution is -2.42. The van der Waals surface area contributed by atoms with Crippen molar-refractivity contribution in [1.29, 1.82) is 0 Å². The number of ether oxygens (including phenoxy) is 2. The van der Waals surface area contributed by atoms with Gasteiger partial charge in [-0.15, -0.1) is 0 Å². The highest BCUT2D eigenvalue weighted by Gasteiger charge is 2.46. The fourth-order valence-electron chi connectivity index (χ4n) is 4.79. The predicted molar refractivity (Wildman–Crippen MR) is 166 cm³/mol. The van der Waals surface area contributed by atoms with Crippen molar-refractivity contribution in [1.82, 2.24) is 5.32 Å². The van der Waals surface area contributed by atoms with E-state index >= 15 is 8.78 Å². The third-order valence-electron chi connectivity index (χ3n) is 7.36. The second-order valence-electron chi connectivity index (χ2n) is 12.6. The van der Waals surface area contributed by atoms with Crippen LogP contribution >= 0.6 is 11.6 Å².